The fraction of sp³-hybridized carbons (Fsp3) is 0.385. The largest absolute Gasteiger partial charge is 0.317 e. The third-order valence-corrected chi connectivity index (χ3v) is 2.78. The Hall–Kier alpha value is -1.64. The fourth-order valence-corrected chi connectivity index (χ4v) is 1.62. The lowest BCUT2D eigenvalue weighted by molar-refractivity contribution is 0.588. The molecule has 3 nitrogen and oxygen atoms in total. The molecule has 0 N–H and O–H groups in total. The second-order valence-electron chi connectivity index (χ2n) is 5.14. The molecule has 0 aliphatic rings. The van der Waals surface area contributed by atoms with Gasteiger partial charge in [-0.1, -0.05) is 20.8 Å². The van der Waals surface area contributed by atoms with E-state index in [1.807, 2.05) is 12.1 Å². The van der Waals surface area contributed by atoms with Gasteiger partial charge in [-0.15, -0.1) is 0 Å². The van der Waals surface area contributed by atoms with Gasteiger partial charge < -0.3 is 4.57 Å². The van der Waals surface area contributed by atoms with Crippen LogP contribution in [0.2, 0.25) is 0 Å². The minimum atomic E-state index is -0.0436. The van der Waals surface area contributed by atoms with Gasteiger partial charge in [0.25, 0.3) is 5.56 Å². The van der Waals surface area contributed by atoms with E-state index < -0.39 is 0 Å². The molecule has 16 heavy (non-hydrogen) atoms. The van der Waals surface area contributed by atoms with Crippen molar-refractivity contribution >= 4 is 10.9 Å². The van der Waals surface area contributed by atoms with Crippen molar-refractivity contribution in [1.29, 1.82) is 0 Å². The summed E-state index contributed by atoms with van der Waals surface area (Å²) in [6.07, 6.45) is 3.57. The number of hydrogen-bond acceptors (Lipinski definition) is 2. The summed E-state index contributed by atoms with van der Waals surface area (Å²) in [5.74, 6) is 0. The number of aryl methyl sites for hydroxylation is 1. The van der Waals surface area contributed by atoms with Crippen LogP contribution in [0.25, 0.3) is 10.9 Å². The second-order valence-corrected chi connectivity index (χ2v) is 5.14. The standard InChI is InChI=1S/C13H16N2O/c1-13(2,3)10-7-9-5-6-15(4)12(16)11(9)14-8-10/h5-8H,1-4H3. The molecule has 0 bridgehead atoms. The van der Waals surface area contributed by atoms with E-state index in [-0.39, 0.29) is 11.0 Å². The van der Waals surface area contributed by atoms with E-state index in [2.05, 4.69) is 25.8 Å². The molecule has 2 heterocycles. The van der Waals surface area contributed by atoms with Crippen LogP contribution in [0.15, 0.2) is 29.3 Å². The summed E-state index contributed by atoms with van der Waals surface area (Å²) in [5.41, 5.74) is 1.70. The normalized spacial score (nSPS) is 12.0. The Morgan fingerprint density at radius 2 is 2.00 bits per heavy atom. The average molecular weight is 216 g/mol. The first-order chi connectivity index (χ1) is 7.39. The molecule has 0 radical (unpaired) electrons. The van der Waals surface area contributed by atoms with Gasteiger partial charge in [-0.2, -0.15) is 0 Å². The van der Waals surface area contributed by atoms with Crippen molar-refractivity contribution in [2.75, 3.05) is 0 Å². The second kappa shape index (κ2) is 3.44. The van der Waals surface area contributed by atoms with Gasteiger partial charge in [-0.25, -0.2) is 0 Å². The van der Waals surface area contributed by atoms with Crippen molar-refractivity contribution in [3.63, 3.8) is 0 Å². The number of hydrogen-bond donors (Lipinski definition) is 0. The summed E-state index contributed by atoms with van der Waals surface area (Å²) < 4.78 is 1.55. The zero-order valence-corrected chi connectivity index (χ0v) is 10.1. The molecule has 0 fully saturated rings. The first-order valence-electron chi connectivity index (χ1n) is 5.35. The third kappa shape index (κ3) is 1.73. The van der Waals surface area contributed by atoms with Crippen LogP contribution in [-0.4, -0.2) is 9.55 Å². The molecule has 0 saturated carbocycles. The van der Waals surface area contributed by atoms with E-state index in [9.17, 15) is 4.79 Å². The lowest BCUT2D eigenvalue weighted by atomic mass is 9.88. The number of pyridine rings is 2. The summed E-state index contributed by atoms with van der Waals surface area (Å²) in [5, 5.41) is 0.913. The van der Waals surface area contributed by atoms with Crippen LogP contribution in [0.5, 0.6) is 0 Å². The van der Waals surface area contributed by atoms with Crippen LogP contribution in [-0.2, 0) is 12.5 Å². The van der Waals surface area contributed by atoms with Crippen LogP contribution in [0.3, 0.4) is 0 Å². The van der Waals surface area contributed by atoms with Crippen LogP contribution in [0.4, 0.5) is 0 Å². The molecule has 0 unspecified atom stereocenters. The summed E-state index contributed by atoms with van der Waals surface area (Å²) in [6, 6.07) is 3.97. The Bertz CT molecular complexity index is 591. The Kier molecular flexibility index (Phi) is 2.34. The van der Waals surface area contributed by atoms with E-state index in [0.29, 0.717) is 5.52 Å². The quantitative estimate of drug-likeness (QED) is 0.677. The Morgan fingerprint density at radius 3 is 2.62 bits per heavy atom. The molecule has 0 aliphatic carbocycles. The fourth-order valence-electron chi connectivity index (χ4n) is 1.62. The SMILES string of the molecule is Cn1ccc2cc(C(C)(C)C)cnc2c1=O. The van der Waals surface area contributed by atoms with Gasteiger partial charge in [0.05, 0.1) is 0 Å². The first kappa shape index (κ1) is 10.9. The van der Waals surface area contributed by atoms with E-state index in [1.54, 1.807) is 24.0 Å². The molecule has 0 atom stereocenters. The van der Waals surface area contributed by atoms with Crippen LogP contribution < -0.4 is 5.56 Å². The van der Waals surface area contributed by atoms with Crippen molar-refractivity contribution in [2.24, 2.45) is 7.05 Å². The van der Waals surface area contributed by atoms with E-state index in [1.165, 1.54) is 0 Å². The van der Waals surface area contributed by atoms with Gasteiger partial charge in [0.2, 0.25) is 0 Å². The Morgan fingerprint density at radius 1 is 1.31 bits per heavy atom. The van der Waals surface area contributed by atoms with Gasteiger partial charge in [0, 0.05) is 24.8 Å². The topological polar surface area (TPSA) is 34.9 Å². The maximum atomic E-state index is 11.8. The van der Waals surface area contributed by atoms with Gasteiger partial charge in [0.15, 0.2) is 0 Å². The number of aromatic nitrogens is 2. The van der Waals surface area contributed by atoms with Crippen molar-refractivity contribution in [2.45, 2.75) is 26.2 Å². The number of fused-ring (bicyclic) bond motifs is 1. The first-order valence-corrected chi connectivity index (χ1v) is 5.35. The van der Waals surface area contributed by atoms with Gasteiger partial charge in [-0.3, -0.25) is 9.78 Å². The van der Waals surface area contributed by atoms with Crippen molar-refractivity contribution in [3.05, 3.63) is 40.4 Å². The molecule has 2 rings (SSSR count). The molecule has 2 aromatic rings. The van der Waals surface area contributed by atoms with Gasteiger partial charge in [-0.05, 0) is 23.1 Å². The monoisotopic (exact) mass is 216 g/mol. The average Bonchev–Trinajstić information content (AvgIpc) is 2.22. The molecule has 0 aliphatic heterocycles. The van der Waals surface area contributed by atoms with Gasteiger partial charge >= 0.3 is 0 Å². The maximum absolute atomic E-state index is 11.8. The van der Waals surface area contributed by atoms with Crippen LogP contribution in [0, 0.1) is 0 Å². The van der Waals surface area contributed by atoms with E-state index >= 15 is 0 Å². The molecular weight excluding hydrogens is 200 g/mol. The Balaban J connectivity index is 2.75. The summed E-state index contributed by atoms with van der Waals surface area (Å²) in [4.78, 5) is 16.1. The van der Waals surface area contributed by atoms with Crippen LogP contribution >= 0.6 is 0 Å². The molecule has 2 aromatic heterocycles. The van der Waals surface area contributed by atoms with Gasteiger partial charge in [0.1, 0.15) is 5.52 Å². The zero-order chi connectivity index (χ0) is 11.9. The molecule has 84 valence electrons. The highest BCUT2D eigenvalue weighted by Gasteiger charge is 2.15. The number of nitrogens with zero attached hydrogens (tertiary/aromatic N) is 2. The van der Waals surface area contributed by atoms with Crippen molar-refractivity contribution < 1.29 is 0 Å². The predicted molar refractivity (Wildman–Crippen MR) is 65.7 cm³/mol. The van der Waals surface area contributed by atoms with Crippen LogP contribution in [0.1, 0.15) is 26.3 Å². The summed E-state index contributed by atoms with van der Waals surface area (Å²) >= 11 is 0. The summed E-state index contributed by atoms with van der Waals surface area (Å²) in [7, 11) is 1.74. The lowest BCUT2D eigenvalue weighted by Crippen LogP contribution is -2.18. The predicted octanol–water partition coefficient (Wildman–Crippen LogP) is 2.23. The minimum absolute atomic E-state index is 0.0436. The maximum Gasteiger partial charge on any atom is 0.276 e. The molecule has 0 aromatic carbocycles. The Labute approximate surface area is 94.7 Å². The zero-order valence-electron chi connectivity index (χ0n) is 10.1. The highest BCUT2D eigenvalue weighted by atomic mass is 16.1. The molecular formula is C13H16N2O. The highest BCUT2D eigenvalue weighted by molar-refractivity contribution is 5.77. The summed E-state index contributed by atoms with van der Waals surface area (Å²) in [6.45, 7) is 6.41. The van der Waals surface area contributed by atoms with Crippen molar-refractivity contribution in [3.8, 4) is 0 Å². The molecule has 0 amide bonds. The molecule has 0 spiro atoms. The smallest absolute Gasteiger partial charge is 0.276 e. The number of rotatable bonds is 0. The van der Waals surface area contributed by atoms with Crippen molar-refractivity contribution in [1.82, 2.24) is 9.55 Å². The molecule has 3 heteroatoms. The molecule has 0 saturated heterocycles. The van der Waals surface area contributed by atoms with E-state index in [4.69, 9.17) is 0 Å². The third-order valence-electron chi connectivity index (χ3n) is 2.78. The minimum Gasteiger partial charge on any atom is -0.317 e. The highest BCUT2D eigenvalue weighted by Crippen LogP contribution is 2.23. The lowest BCUT2D eigenvalue weighted by Gasteiger charge is -2.18. The van der Waals surface area contributed by atoms with E-state index in [0.717, 1.165) is 10.9 Å².